The maximum absolute atomic E-state index is 13.4. The second-order valence-corrected chi connectivity index (χ2v) is 4.33. The maximum Gasteiger partial charge on any atom is 0.246 e. The average molecular weight is 239 g/mol. The van der Waals surface area contributed by atoms with E-state index < -0.39 is 5.91 Å². The summed E-state index contributed by atoms with van der Waals surface area (Å²) in [4.78, 5) is 11.3. The molecule has 0 aromatic heterocycles. The maximum atomic E-state index is 13.4. The molecule has 0 aliphatic carbocycles. The van der Waals surface area contributed by atoms with E-state index in [-0.39, 0.29) is 11.7 Å². The van der Waals surface area contributed by atoms with E-state index in [1.165, 1.54) is 0 Å². The molecule has 0 radical (unpaired) electrons. The minimum atomic E-state index is -0.396. The van der Waals surface area contributed by atoms with Crippen molar-refractivity contribution >= 4 is 5.91 Å². The van der Waals surface area contributed by atoms with Crippen LogP contribution < -0.4 is 5.48 Å². The van der Waals surface area contributed by atoms with E-state index in [0.717, 1.165) is 5.56 Å². The van der Waals surface area contributed by atoms with Gasteiger partial charge < -0.3 is 0 Å². The number of benzene rings is 1. The van der Waals surface area contributed by atoms with Crippen LogP contribution >= 0.6 is 0 Å². The van der Waals surface area contributed by atoms with Crippen molar-refractivity contribution in [3.63, 3.8) is 0 Å². The number of hydrogen-bond donors (Lipinski definition) is 2. The Balaban J connectivity index is 2.91. The molecule has 1 amide bonds. The van der Waals surface area contributed by atoms with Crippen molar-refractivity contribution in [2.75, 3.05) is 0 Å². The first-order chi connectivity index (χ1) is 7.99. The predicted octanol–water partition coefficient (Wildman–Crippen LogP) is 2.52. The van der Waals surface area contributed by atoms with Crippen LogP contribution in [0.4, 0.5) is 4.39 Å². The minimum Gasteiger partial charge on any atom is -0.289 e. The largest absolute Gasteiger partial charge is 0.289 e. The Morgan fingerprint density at radius 1 is 1.41 bits per heavy atom. The molecule has 2 N–H and O–H groups in total. The van der Waals surface area contributed by atoms with Crippen molar-refractivity contribution < 1.29 is 14.4 Å². The number of hydrogen-bond acceptors (Lipinski definition) is 2. The van der Waals surface area contributed by atoms with Gasteiger partial charge in [-0.3, -0.25) is 10.0 Å². The van der Waals surface area contributed by atoms with Gasteiger partial charge in [-0.1, -0.05) is 19.1 Å². The fraction of sp³-hybridized carbons (Fsp3) is 0.462. The van der Waals surface area contributed by atoms with Gasteiger partial charge in [0, 0.05) is 5.92 Å². The molecule has 0 heterocycles. The lowest BCUT2D eigenvalue weighted by atomic mass is 9.94. The molecule has 0 fully saturated rings. The third kappa shape index (κ3) is 3.27. The number of aryl methyl sites for hydroxylation is 2. The number of carbonyl (C=O) groups excluding carboxylic acids is 1. The summed E-state index contributed by atoms with van der Waals surface area (Å²) in [5.74, 6) is -0.884. The van der Waals surface area contributed by atoms with Gasteiger partial charge >= 0.3 is 0 Å². The number of amides is 1. The van der Waals surface area contributed by atoms with Gasteiger partial charge in [-0.2, -0.15) is 0 Å². The van der Waals surface area contributed by atoms with Crippen molar-refractivity contribution in [2.24, 2.45) is 5.92 Å². The van der Waals surface area contributed by atoms with Crippen molar-refractivity contribution in [1.82, 2.24) is 5.48 Å². The van der Waals surface area contributed by atoms with Crippen LogP contribution in [0.5, 0.6) is 0 Å². The Hall–Kier alpha value is -1.42. The van der Waals surface area contributed by atoms with E-state index in [4.69, 9.17) is 5.21 Å². The monoisotopic (exact) mass is 239 g/mol. The first kappa shape index (κ1) is 13.6. The quantitative estimate of drug-likeness (QED) is 0.626. The van der Waals surface area contributed by atoms with Crippen LogP contribution in [0.3, 0.4) is 0 Å². The lowest BCUT2D eigenvalue weighted by molar-refractivity contribution is -0.133. The predicted molar refractivity (Wildman–Crippen MR) is 63.3 cm³/mol. The topological polar surface area (TPSA) is 49.3 Å². The highest BCUT2D eigenvalue weighted by Gasteiger charge is 2.17. The number of hydroxylamine groups is 1. The zero-order valence-corrected chi connectivity index (χ0v) is 10.4. The van der Waals surface area contributed by atoms with Crippen molar-refractivity contribution in [1.29, 1.82) is 0 Å². The first-order valence-corrected chi connectivity index (χ1v) is 5.69. The molecule has 0 saturated carbocycles. The second-order valence-electron chi connectivity index (χ2n) is 4.33. The van der Waals surface area contributed by atoms with Crippen molar-refractivity contribution in [3.8, 4) is 0 Å². The van der Waals surface area contributed by atoms with Gasteiger partial charge in [0.05, 0.1) is 0 Å². The summed E-state index contributed by atoms with van der Waals surface area (Å²) in [5.41, 5.74) is 3.74. The molecule has 0 saturated heterocycles. The third-order valence-electron chi connectivity index (χ3n) is 2.95. The van der Waals surface area contributed by atoms with Gasteiger partial charge in [-0.15, -0.1) is 0 Å². The van der Waals surface area contributed by atoms with Crippen LogP contribution in [0.2, 0.25) is 0 Å². The van der Waals surface area contributed by atoms with Gasteiger partial charge in [0.15, 0.2) is 0 Å². The summed E-state index contributed by atoms with van der Waals surface area (Å²) in [5, 5.41) is 8.61. The fourth-order valence-electron chi connectivity index (χ4n) is 1.95. The molecular formula is C13H18FNO2. The number of halogens is 1. The van der Waals surface area contributed by atoms with E-state index in [2.05, 4.69) is 0 Å². The fourth-order valence-corrected chi connectivity index (χ4v) is 1.95. The molecule has 0 aliphatic heterocycles. The highest BCUT2D eigenvalue weighted by Crippen LogP contribution is 2.19. The molecule has 4 heteroatoms. The van der Waals surface area contributed by atoms with E-state index in [1.54, 1.807) is 31.5 Å². The van der Waals surface area contributed by atoms with E-state index in [0.29, 0.717) is 24.0 Å². The van der Waals surface area contributed by atoms with Crippen LogP contribution in [0.15, 0.2) is 12.1 Å². The highest BCUT2D eigenvalue weighted by molar-refractivity contribution is 5.77. The van der Waals surface area contributed by atoms with Crippen LogP contribution in [0.1, 0.15) is 30.0 Å². The van der Waals surface area contributed by atoms with Crippen molar-refractivity contribution in [3.05, 3.63) is 34.6 Å². The summed E-state index contributed by atoms with van der Waals surface area (Å²) in [7, 11) is 0. The Labute approximate surface area is 101 Å². The molecule has 17 heavy (non-hydrogen) atoms. The molecule has 3 nitrogen and oxygen atoms in total. The molecule has 1 rings (SSSR count). The SMILES string of the molecule is CC[C@@H](Cc1cc(C)c(F)c(C)c1)C(=O)NO. The summed E-state index contributed by atoms with van der Waals surface area (Å²) in [6, 6.07) is 3.49. The Morgan fingerprint density at radius 3 is 2.35 bits per heavy atom. The third-order valence-corrected chi connectivity index (χ3v) is 2.95. The smallest absolute Gasteiger partial charge is 0.246 e. The molecular weight excluding hydrogens is 221 g/mol. The number of nitrogens with one attached hydrogen (secondary N) is 1. The lowest BCUT2D eigenvalue weighted by Gasteiger charge is -2.14. The van der Waals surface area contributed by atoms with Crippen molar-refractivity contribution in [2.45, 2.75) is 33.6 Å². The minimum absolute atomic E-state index is 0.201. The molecule has 0 aliphatic rings. The van der Waals surface area contributed by atoms with Gasteiger partial charge in [0.1, 0.15) is 5.82 Å². The molecule has 94 valence electrons. The summed E-state index contributed by atoms with van der Waals surface area (Å²) in [6.45, 7) is 5.29. The van der Waals surface area contributed by atoms with Crippen LogP contribution in [-0.2, 0) is 11.2 Å². The standard InChI is InChI=1S/C13H18FNO2/c1-4-11(13(16)15-17)7-10-5-8(2)12(14)9(3)6-10/h5-6,11,17H,4,7H2,1-3H3,(H,15,16)/t11-/m0/s1. The van der Waals surface area contributed by atoms with E-state index in [9.17, 15) is 9.18 Å². The first-order valence-electron chi connectivity index (χ1n) is 5.69. The second kappa shape index (κ2) is 5.77. The molecule has 0 bridgehead atoms. The summed E-state index contributed by atoms with van der Waals surface area (Å²) < 4.78 is 13.4. The molecule has 1 aromatic rings. The van der Waals surface area contributed by atoms with Gasteiger partial charge in [0.25, 0.3) is 0 Å². The zero-order chi connectivity index (χ0) is 13.0. The average Bonchev–Trinajstić information content (AvgIpc) is 2.31. The summed E-state index contributed by atoms with van der Waals surface area (Å²) >= 11 is 0. The molecule has 1 aromatic carbocycles. The zero-order valence-electron chi connectivity index (χ0n) is 10.4. The van der Waals surface area contributed by atoms with Gasteiger partial charge in [-0.05, 0) is 43.4 Å². The van der Waals surface area contributed by atoms with Crippen LogP contribution in [0, 0.1) is 25.6 Å². The van der Waals surface area contributed by atoms with Gasteiger partial charge in [-0.25, -0.2) is 9.87 Å². The van der Waals surface area contributed by atoms with Gasteiger partial charge in [0.2, 0.25) is 5.91 Å². The van der Waals surface area contributed by atoms with Crippen LogP contribution in [-0.4, -0.2) is 11.1 Å². The Morgan fingerprint density at radius 2 is 1.94 bits per heavy atom. The lowest BCUT2D eigenvalue weighted by Crippen LogP contribution is -2.28. The Kier molecular flexibility index (Phi) is 4.63. The molecule has 1 atom stereocenters. The normalized spacial score (nSPS) is 12.3. The summed E-state index contributed by atoms with van der Waals surface area (Å²) in [6.07, 6.45) is 1.13. The number of carbonyl (C=O) groups is 1. The van der Waals surface area contributed by atoms with Crippen LogP contribution in [0.25, 0.3) is 0 Å². The van der Waals surface area contributed by atoms with E-state index >= 15 is 0 Å². The Bertz CT molecular complexity index is 395. The molecule has 0 unspecified atom stereocenters. The highest BCUT2D eigenvalue weighted by atomic mass is 19.1. The van der Waals surface area contributed by atoms with E-state index in [1.807, 2.05) is 6.92 Å². The number of rotatable bonds is 4. The molecule has 0 spiro atoms.